The fraction of sp³-hybridized carbons (Fsp3) is 0.0909. The molecular formula is C11H7F2N3O4. The molecule has 2 aromatic rings. The summed E-state index contributed by atoms with van der Waals surface area (Å²) in [5, 5.41) is 23.0. The van der Waals surface area contributed by atoms with E-state index in [0.29, 0.717) is 12.1 Å². The summed E-state index contributed by atoms with van der Waals surface area (Å²) in [6, 6.07) is 2.18. The predicted molar refractivity (Wildman–Crippen MR) is 61.8 cm³/mol. The number of carboxylic acid groups (broad SMARTS) is 1. The van der Waals surface area contributed by atoms with Gasteiger partial charge < -0.3 is 5.11 Å². The molecule has 1 aromatic heterocycles. The van der Waals surface area contributed by atoms with Crippen molar-refractivity contribution in [1.82, 2.24) is 9.78 Å². The van der Waals surface area contributed by atoms with E-state index in [4.69, 9.17) is 5.11 Å². The van der Waals surface area contributed by atoms with Gasteiger partial charge in [0.1, 0.15) is 5.69 Å². The molecule has 0 radical (unpaired) electrons. The molecule has 2 rings (SSSR count). The van der Waals surface area contributed by atoms with Gasteiger partial charge in [0.05, 0.1) is 4.92 Å². The highest BCUT2D eigenvalue weighted by Gasteiger charge is 2.21. The lowest BCUT2D eigenvalue weighted by molar-refractivity contribution is -0.387. The Labute approximate surface area is 110 Å². The molecule has 20 heavy (non-hydrogen) atoms. The minimum atomic E-state index is -1.33. The van der Waals surface area contributed by atoms with E-state index in [9.17, 15) is 23.7 Å². The lowest BCUT2D eigenvalue weighted by Crippen LogP contribution is -2.06. The number of nitrogens with zero attached hydrogens (tertiary/aromatic N) is 3. The van der Waals surface area contributed by atoms with Gasteiger partial charge in [-0.3, -0.25) is 10.1 Å². The van der Waals surface area contributed by atoms with Crippen molar-refractivity contribution in [2.24, 2.45) is 0 Å². The number of hydrogen-bond donors (Lipinski definition) is 1. The molecule has 0 atom stereocenters. The zero-order valence-corrected chi connectivity index (χ0v) is 10.0. The third kappa shape index (κ3) is 2.20. The van der Waals surface area contributed by atoms with Gasteiger partial charge in [-0.25, -0.2) is 13.9 Å². The fourth-order valence-corrected chi connectivity index (χ4v) is 1.65. The quantitative estimate of drug-likeness (QED) is 0.686. The average Bonchev–Trinajstić information content (AvgIpc) is 2.71. The van der Waals surface area contributed by atoms with Crippen LogP contribution in [-0.4, -0.2) is 25.8 Å². The second kappa shape index (κ2) is 4.68. The third-order valence-corrected chi connectivity index (χ3v) is 2.55. The van der Waals surface area contributed by atoms with Crippen LogP contribution in [0.3, 0.4) is 0 Å². The Bertz CT molecular complexity index is 727. The number of rotatable bonds is 3. The maximum absolute atomic E-state index is 13.7. The summed E-state index contributed by atoms with van der Waals surface area (Å²) in [4.78, 5) is 20.4. The van der Waals surface area contributed by atoms with Crippen LogP contribution in [0.15, 0.2) is 18.2 Å². The van der Waals surface area contributed by atoms with Crippen molar-refractivity contribution in [1.29, 1.82) is 0 Å². The zero-order chi connectivity index (χ0) is 15.0. The van der Waals surface area contributed by atoms with Gasteiger partial charge in [-0.2, -0.15) is 9.49 Å². The Morgan fingerprint density at radius 1 is 1.35 bits per heavy atom. The molecule has 0 unspecified atom stereocenters. The number of aromatic nitrogens is 2. The Balaban J connectivity index is 2.66. The molecule has 0 bridgehead atoms. The van der Waals surface area contributed by atoms with Crippen LogP contribution in [0.25, 0.3) is 5.69 Å². The summed E-state index contributed by atoms with van der Waals surface area (Å²) in [7, 11) is 0. The Morgan fingerprint density at radius 3 is 2.50 bits per heavy atom. The number of nitro groups is 1. The molecular weight excluding hydrogens is 276 g/mol. The average molecular weight is 283 g/mol. The molecule has 0 fully saturated rings. The van der Waals surface area contributed by atoms with Gasteiger partial charge in [0.25, 0.3) is 0 Å². The number of halogens is 2. The van der Waals surface area contributed by atoms with Crippen molar-refractivity contribution < 1.29 is 23.6 Å². The topological polar surface area (TPSA) is 98.3 Å². The summed E-state index contributed by atoms with van der Waals surface area (Å²) in [5.41, 5.74) is -1.44. The zero-order valence-electron chi connectivity index (χ0n) is 10.0. The number of benzene rings is 1. The molecule has 7 nitrogen and oxygen atoms in total. The Morgan fingerprint density at radius 2 is 2.00 bits per heavy atom. The highest BCUT2D eigenvalue weighted by atomic mass is 19.1. The molecule has 0 spiro atoms. The first-order chi connectivity index (χ1) is 9.31. The number of hydrogen-bond acceptors (Lipinski definition) is 4. The van der Waals surface area contributed by atoms with Gasteiger partial charge in [-0.05, 0) is 13.0 Å². The van der Waals surface area contributed by atoms with E-state index >= 15 is 0 Å². The van der Waals surface area contributed by atoms with E-state index in [1.54, 1.807) is 0 Å². The fourth-order valence-electron chi connectivity index (χ4n) is 1.65. The number of nitro benzene ring substituents is 1. The molecule has 0 saturated carbocycles. The Kier molecular flexibility index (Phi) is 3.18. The molecule has 9 heteroatoms. The molecule has 104 valence electrons. The molecule has 0 aliphatic carbocycles. The van der Waals surface area contributed by atoms with Gasteiger partial charge in [0.15, 0.2) is 11.5 Å². The maximum Gasteiger partial charge on any atom is 0.356 e. The van der Waals surface area contributed by atoms with Crippen LogP contribution in [-0.2, 0) is 0 Å². The van der Waals surface area contributed by atoms with Gasteiger partial charge in [-0.15, -0.1) is 0 Å². The number of carbonyl (C=O) groups is 1. The van der Waals surface area contributed by atoms with Crippen molar-refractivity contribution >= 4 is 11.7 Å². The molecule has 1 N–H and O–H groups in total. The standard InChI is InChI=1S/C11H7F2N3O4/c1-5-2-8(11(17)18)14-15(5)9-4-10(16(19)20)7(13)3-6(9)12/h2-4H,1H3,(H,17,18). The molecule has 1 heterocycles. The highest BCUT2D eigenvalue weighted by molar-refractivity contribution is 5.85. The maximum atomic E-state index is 13.7. The van der Waals surface area contributed by atoms with Gasteiger partial charge in [-0.1, -0.05) is 0 Å². The number of carboxylic acids is 1. The first-order valence-electron chi connectivity index (χ1n) is 5.25. The highest BCUT2D eigenvalue weighted by Crippen LogP contribution is 2.25. The lowest BCUT2D eigenvalue weighted by Gasteiger charge is -2.06. The SMILES string of the molecule is Cc1cc(C(=O)O)nn1-c1cc([N+](=O)[O-])c(F)cc1F. The van der Waals surface area contributed by atoms with Crippen molar-refractivity contribution in [3.8, 4) is 5.69 Å². The first kappa shape index (κ1) is 13.6. The van der Waals surface area contributed by atoms with Crippen molar-refractivity contribution in [3.63, 3.8) is 0 Å². The van der Waals surface area contributed by atoms with E-state index in [2.05, 4.69) is 5.10 Å². The molecule has 1 aromatic carbocycles. The molecule has 0 aliphatic rings. The minimum Gasteiger partial charge on any atom is -0.476 e. The van der Waals surface area contributed by atoms with Crippen molar-refractivity contribution in [2.45, 2.75) is 6.92 Å². The second-order valence-corrected chi connectivity index (χ2v) is 3.90. The smallest absolute Gasteiger partial charge is 0.356 e. The number of aryl methyl sites for hydroxylation is 1. The Hall–Kier alpha value is -2.84. The van der Waals surface area contributed by atoms with E-state index in [1.807, 2.05) is 0 Å². The molecule has 0 saturated heterocycles. The summed E-state index contributed by atoms with van der Waals surface area (Å²) in [5.74, 6) is -3.74. The third-order valence-electron chi connectivity index (χ3n) is 2.55. The van der Waals surface area contributed by atoms with E-state index < -0.39 is 33.9 Å². The second-order valence-electron chi connectivity index (χ2n) is 3.90. The summed E-state index contributed by atoms with van der Waals surface area (Å²) in [6.45, 7) is 1.44. The molecule has 0 amide bonds. The summed E-state index contributed by atoms with van der Waals surface area (Å²) in [6.07, 6.45) is 0. The monoisotopic (exact) mass is 283 g/mol. The molecule has 0 aliphatic heterocycles. The number of aromatic carboxylic acids is 1. The largest absolute Gasteiger partial charge is 0.476 e. The minimum absolute atomic E-state index is 0.238. The van der Waals surface area contributed by atoms with Gasteiger partial charge >= 0.3 is 11.7 Å². The van der Waals surface area contributed by atoms with Crippen molar-refractivity contribution in [2.75, 3.05) is 0 Å². The first-order valence-corrected chi connectivity index (χ1v) is 5.25. The predicted octanol–water partition coefficient (Wildman–Crippen LogP) is 2.07. The van der Waals surface area contributed by atoms with Crippen LogP contribution in [0.5, 0.6) is 0 Å². The van der Waals surface area contributed by atoms with Crippen LogP contribution >= 0.6 is 0 Å². The van der Waals surface area contributed by atoms with E-state index in [-0.39, 0.29) is 11.4 Å². The van der Waals surface area contributed by atoms with Crippen LogP contribution < -0.4 is 0 Å². The normalized spacial score (nSPS) is 10.6. The summed E-state index contributed by atoms with van der Waals surface area (Å²) >= 11 is 0. The van der Waals surface area contributed by atoms with Crippen LogP contribution in [0, 0.1) is 28.7 Å². The summed E-state index contributed by atoms with van der Waals surface area (Å²) < 4.78 is 27.8. The van der Waals surface area contributed by atoms with Crippen LogP contribution in [0.1, 0.15) is 16.2 Å². The van der Waals surface area contributed by atoms with Crippen LogP contribution in [0.4, 0.5) is 14.5 Å². The van der Waals surface area contributed by atoms with Crippen LogP contribution in [0.2, 0.25) is 0 Å². The lowest BCUT2D eigenvalue weighted by atomic mass is 10.2. The van der Waals surface area contributed by atoms with E-state index in [0.717, 1.165) is 10.7 Å². The van der Waals surface area contributed by atoms with Gasteiger partial charge in [0.2, 0.25) is 5.82 Å². The van der Waals surface area contributed by atoms with Crippen molar-refractivity contribution in [3.05, 3.63) is 51.3 Å². The van der Waals surface area contributed by atoms with E-state index in [1.165, 1.54) is 6.92 Å². The van der Waals surface area contributed by atoms with Gasteiger partial charge in [0, 0.05) is 17.8 Å².